The van der Waals surface area contributed by atoms with Crippen molar-refractivity contribution in [1.82, 2.24) is 0 Å². The van der Waals surface area contributed by atoms with Gasteiger partial charge in [0.15, 0.2) is 5.90 Å². The summed E-state index contributed by atoms with van der Waals surface area (Å²) in [6.45, 7) is 3.63. The molecule has 0 aliphatic carbocycles. The zero-order valence-corrected chi connectivity index (χ0v) is 7.73. The van der Waals surface area contributed by atoms with Gasteiger partial charge < -0.3 is 4.74 Å². The molecular weight excluding hydrogens is 194 g/mol. The summed E-state index contributed by atoms with van der Waals surface area (Å²) in [5.41, 5.74) is 0. The summed E-state index contributed by atoms with van der Waals surface area (Å²) in [5.74, 6) is 0.883. The summed E-state index contributed by atoms with van der Waals surface area (Å²) in [4.78, 5) is 4.61. The van der Waals surface area contributed by atoms with E-state index in [-0.39, 0.29) is 0 Å². The molecular formula is C7H12BrNO. The summed E-state index contributed by atoms with van der Waals surface area (Å²) in [5, 5.41) is 0. The molecule has 2 nitrogen and oxygen atoms in total. The summed E-state index contributed by atoms with van der Waals surface area (Å²) in [6.07, 6.45) is 2.32. The highest BCUT2D eigenvalue weighted by atomic mass is 79.9. The van der Waals surface area contributed by atoms with Gasteiger partial charge in [-0.05, 0) is 19.8 Å². The molecule has 1 aliphatic rings. The molecule has 1 atom stereocenters. The fraction of sp³-hybridized carbons (Fsp3) is 0.857. The molecule has 0 aromatic heterocycles. The van der Waals surface area contributed by atoms with Gasteiger partial charge in [0.2, 0.25) is 0 Å². The van der Waals surface area contributed by atoms with E-state index < -0.39 is 0 Å². The summed E-state index contributed by atoms with van der Waals surface area (Å²) < 4.78 is 5.30. The van der Waals surface area contributed by atoms with Gasteiger partial charge in [-0.1, -0.05) is 15.9 Å². The average Bonchev–Trinajstić information content (AvgIpc) is 1.94. The quantitative estimate of drug-likeness (QED) is 0.601. The molecule has 0 fully saturated rings. The van der Waals surface area contributed by atoms with Crippen molar-refractivity contribution < 1.29 is 4.74 Å². The third kappa shape index (κ3) is 1.97. The lowest BCUT2D eigenvalue weighted by Gasteiger charge is -2.16. The molecule has 0 saturated carbocycles. The highest BCUT2D eigenvalue weighted by molar-refractivity contribution is 9.10. The van der Waals surface area contributed by atoms with Crippen molar-refractivity contribution >= 4 is 21.8 Å². The van der Waals surface area contributed by atoms with E-state index in [1.54, 1.807) is 0 Å². The lowest BCUT2D eigenvalue weighted by molar-refractivity contribution is 0.312. The zero-order chi connectivity index (χ0) is 7.40. The fourth-order valence-corrected chi connectivity index (χ4v) is 1.57. The number of nitrogens with zero attached hydrogens (tertiary/aromatic N) is 1. The standard InChI is InChI=1S/C7H12BrNO/c1-2-10-7-6(8)4-3-5-9-7/h6H,2-5H2,1H3/t6-/m0/s1. The maximum absolute atomic E-state index is 5.30. The molecule has 1 rings (SSSR count). The Kier molecular flexibility index (Phi) is 3.19. The van der Waals surface area contributed by atoms with Gasteiger partial charge in [0.05, 0.1) is 11.4 Å². The van der Waals surface area contributed by atoms with Gasteiger partial charge in [-0.15, -0.1) is 0 Å². The van der Waals surface area contributed by atoms with Crippen molar-refractivity contribution in [2.45, 2.75) is 24.6 Å². The van der Waals surface area contributed by atoms with Crippen molar-refractivity contribution in [3.05, 3.63) is 0 Å². The van der Waals surface area contributed by atoms with E-state index in [1.165, 1.54) is 6.42 Å². The number of hydrogen-bond donors (Lipinski definition) is 0. The fourth-order valence-electron chi connectivity index (χ4n) is 0.966. The van der Waals surface area contributed by atoms with Crippen LogP contribution in [-0.2, 0) is 4.74 Å². The van der Waals surface area contributed by atoms with Gasteiger partial charge in [-0.3, -0.25) is 4.99 Å². The van der Waals surface area contributed by atoms with E-state index in [2.05, 4.69) is 20.9 Å². The first kappa shape index (κ1) is 8.05. The largest absolute Gasteiger partial charge is 0.480 e. The van der Waals surface area contributed by atoms with Crippen molar-refractivity contribution in [1.29, 1.82) is 0 Å². The summed E-state index contributed by atoms with van der Waals surface area (Å²) >= 11 is 3.50. The van der Waals surface area contributed by atoms with Crippen LogP contribution >= 0.6 is 15.9 Å². The maximum Gasteiger partial charge on any atom is 0.197 e. The Hall–Kier alpha value is -0.0500. The Morgan fingerprint density at radius 2 is 2.60 bits per heavy atom. The molecule has 58 valence electrons. The van der Waals surface area contributed by atoms with Crippen LogP contribution in [0, 0.1) is 0 Å². The van der Waals surface area contributed by atoms with Crippen LogP contribution in [0.2, 0.25) is 0 Å². The van der Waals surface area contributed by atoms with Crippen molar-refractivity contribution in [3.63, 3.8) is 0 Å². The van der Waals surface area contributed by atoms with Gasteiger partial charge in [0, 0.05) is 6.54 Å². The van der Waals surface area contributed by atoms with E-state index >= 15 is 0 Å². The SMILES string of the molecule is CCOC1=NCCC[C@@H]1Br. The molecule has 1 aliphatic heterocycles. The molecule has 0 spiro atoms. The van der Waals surface area contributed by atoms with E-state index in [9.17, 15) is 0 Å². The second-order valence-electron chi connectivity index (χ2n) is 2.26. The van der Waals surface area contributed by atoms with E-state index in [0.717, 1.165) is 25.5 Å². The first-order valence-electron chi connectivity index (χ1n) is 3.65. The second kappa shape index (κ2) is 3.96. The molecule has 0 amide bonds. The third-order valence-corrected chi connectivity index (χ3v) is 2.29. The number of halogens is 1. The lowest BCUT2D eigenvalue weighted by Crippen LogP contribution is -2.22. The third-order valence-electron chi connectivity index (χ3n) is 1.44. The van der Waals surface area contributed by atoms with Crippen molar-refractivity contribution in [3.8, 4) is 0 Å². The maximum atomic E-state index is 5.30. The van der Waals surface area contributed by atoms with Crippen LogP contribution in [0.1, 0.15) is 19.8 Å². The average molecular weight is 206 g/mol. The smallest absolute Gasteiger partial charge is 0.197 e. The topological polar surface area (TPSA) is 21.6 Å². The van der Waals surface area contributed by atoms with Gasteiger partial charge in [0.25, 0.3) is 0 Å². The molecule has 0 unspecified atom stereocenters. The van der Waals surface area contributed by atoms with E-state index in [1.807, 2.05) is 6.92 Å². The predicted molar refractivity (Wildman–Crippen MR) is 45.9 cm³/mol. The Labute approximate surface area is 69.8 Å². The number of aliphatic imine (C=N–C) groups is 1. The van der Waals surface area contributed by atoms with Crippen molar-refractivity contribution in [2.24, 2.45) is 4.99 Å². The minimum absolute atomic E-state index is 0.362. The van der Waals surface area contributed by atoms with Gasteiger partial charge in [-0.2, -0.15) is 0 Å². The van der Waals surface area contributed by atoms with Crippen LogP contribution < -0.4 is 0 Å². The van der Waals surface area contributed by atoms with Crippen LogP contribution in [0.15, 0.2) is 4.99 Å². The van der Waals surface area contributed by atoms with E-state index in [4.69, 9.17) is 4.74 Å². The van der Waals surface area contributed by atoms with Crippen LogP contribution in [0.5, 0.6) is 0 Å². The van der Waals surface area contributed by atoms with Crippen LogP contribution in [-0.4, -0.2) is 23.9 Å². The minimum atomic E-state index is 0.362. The molecule has 0 N–H and O–H groups in total. The molecule has 0 bridgehead atoms. The number of ether oxygens (including phenoxy) is 1. The molecule has 0 saturated heterocycles. The van der Waals surface area contributed by atoms with Crippen LogP contribution in [0.25, 0.3) is 0 Å². The Morgan fingerprint density at radius 1 is 1.80 bits per heavy atom. The Bertz CT molecular complexity index is 136. The normalized spacial score (nSPS) is 25.8. The van der Waals surface area contributed by atoms with Gasteiger partial charge >= 0.3 is 0 Å². The Balaban J connectivity index is 2.44. The molecule has 10 heavy (non-hydrogen) atoms. The zero-order valence-electron chi connectivity index (χ0n) is 6.14. The first-order valence-corrected chi connectivity index (χ1v) is 4.57. The molecule has 0 aromatic rings. The first-order chi connectivity index (χ1) is 4.84. The van der Waals surface area contributed by atoms with E-state index in [0.29, 0.717) is 4.83 Å². The van der Waals surface area contributed by atoms with Crippen LogP contribution in [0.4, 0.5) is 0 Å². The number of alkyl halides is 1. The monoisotopic (exact) mass is 205 g/mol. The second-order valence-corrected chi connectivity index (χ2v) is 3.37. The lowest BCUT2D eigenvalue weighted by atomic mass is 10.2. The van der Waals surface area contributed by atoms with Gasteiger partial charge in [0.1, 0.15) is 0 Å². The molecule has 0 radical (unpaired) electrons. The van der Waals surface area contributed by atoms with Gasteiger partial charge in [-0.25, -0.2) is 0 Å². The predicted octanol–water partition coefficient (Wildman–Crippen LogP) is 1.98. The number of hydrogen-bond acceptors (Lipinski definition) is 2. The van der Waals surface area contributed by atoms with Crippen molar-refractivity contribution in [2.75, 3.05) is 13.2 Å². The molecule has 1 heterocycles. The molecule has 0 aromatic carbocycles. The van der Waals surface area contributed by atoms with Crippen LogP contribution in [0.3, 0.4) is 0 Å². The highest BCUT2D eigenvalue weighted by Gasteiger charge is 2.16. The Morgan fingerprint density at radius 3 is 3.20 bits per heavy atom. The minimum Gasteiger partial charge on any atom is -0.480 e. The number of rotatable bonds is 1. The highest BCUT2D eigenvalue weighted by Crippen LogP contribution is 2.15. The summed E-state index contributed by atoms with van der Waals surface area (Å²) in [7, 11) is 0. The summed E-state index contributed by atoms with van der Waals surface area (Å²) in [6, 6.07) is 0. The molecule has 3 heteroatoms.